The Morgan fingerprint density at radius 3 is 2.58 bits per heavy atom. The Bertz CT molecular complexity index is 1090. The summed E-state index contributed by atoms with van der Waals surface area (Å²) >= 11 is 0. The predicted molar refractivity (Wildman–Crippen MR) is 84.0 cm³/mol. The number of aromatic hydroxyl groups is 1. The van der Waals surface area contributed by atoms with Crippen LogP contribution in [0.5, 0.6) is 5.75 Å². The summed E-state index contributed by atoms with van der Waals surface area (Å²) in [5.41, 5.74) is -1.92. The van der Waals surface area contributed by atoms with Gasteiger partial charge in [-0.3, -0.25) is 14.4 Å². The highest BCUT2D eigenvalue weighted by atomic mass is 16.6. The highest BCUT2D eigenvalue weighted by Crippen LogP contribution is 2.55. The van der Waals surface area contributed by atoms with Gasteiger partial charge in [0.15, 0.2) is 11.4 Å². The molecule has 0 radical (unpaired) electrons. The van der Waals surface area contributed by atoms with Gasteiger partial charge < -0.3 is 14.9 Å². The van der Waals surface area contributed by atoms with Gasteiger partial charge in [-0.05, 0) is 13.0 Å². The van der Waals surface area contributed by atoms with E-state index in [-0.39, 0.29) is 39.2 Å². The molecule has 4 aliphatic rings. The van der Waals surface area contributed by atoms with Gasteiger partial charge in [-0.25, -0.2) is 0 Å². The van der Waals surface area contributed by atoms with Crippen LogP contribution in [-0.4, -0.2) is 51.4 Å². The van der Waals surface area contributed by atoms with E-state index in [1.165, 1.54) is 25.1 Å². The maximum atomic E-state index is 13.0. The number of hydrogen-bond acceptors (Lipinski definition) is 7. The number of hydrogen-bond donors (Lipinski definition) is 2. The second-order valence-corrected chi connectivity index (χ2v) is 6.91. The topological polar surface area (TPSA) is 132 Å². The summed E-state index contributed by atoms with van der Waals surface area (Å²) in [6, 6.07) is 2.69. The maximum absolute atomic E-state index is 13.0. The average molecular weight is 351 g/mol. The molecule has 1 aromatic rings. The van der Waals surface area contributed by atoms with E-state index in [0.29, 0.717) is 0 Å². The van der Waals surface area contributed by atoms with E-state index in [9.17, 15) is 30.0 Å². The highest BCUT2D eigenvalue weighted by molar-refractivity contribution is 6.33. The molecule has 1 saturated heterocycles. The van der Waals surface area contributed by atoms with E-state index in [2.05, 4.69) is 4.98 Å². The first-order chi connectivity index (χ1) is 12.3. The van der Waals surface area contributed by atoms with Crippen molar-refractivity contribution in [1.82, 2.24) is 0 Å². The molecule has 128 valence electrons. The van der Waals surface area contributed by atoms with Crippen LogP contribution in [0.3, 0.4) is 0 Å². The van der Waals surface area contributed by atoms with E-state index < -0.39 is 41.2 Å². The number of benzene rings is 1. The monoisotopic (exact) mass is 351 g/mol. The van der Waals surface area contributed by atoms with E-state index in [1.54, 1.807) is 0 Å². The average Bonchev–Trinajstić information content (AvgIpc) is 3.20. The number of carbonyl (C=O) groups is 3. The molecule has 0 spiro atoms. The fraction of sp³-hybridized carbons (Fsp3) is 0.278. The van der Waals surface area contributed by atoms with Crippen LogP contribution in [0, 0.1) is 5.39 Å². The number of diazo groups is 1. The van der Waals surface area contributed by atoms with Crippen molar-refractivity contribution in [3.63, 3.8) is 0 Å². The van der Waals surface area contributed by atoms with Crippen LogP contribution in [0.1, 0.15) is 27.6 Å². The van der Waals surface area contributed by atoms with Gasteiger partial charge in [-0.1, -0.05) is 12.1 Å². The molecule has 0 bridgehead atoms. The minimum absolute atomic E-state index is 0.0138. The zero-order valence-electron chi connectivity index (χ0n) is 13.4. The molecule has 26 heavy (non-hydrogen) atoms. The van der Waals surface area contributed by atoms with Crippen LogP contribution in [0.25, 0.3) is 4.98 Å². The van der Waals surface area contributed by atoms with Crippen LogP contribution < -0.4 is 0 Å². The summed E-state index contributed by atoms with van der Waals surface area (Å²) in [5, 5.41) is 30.2. The Morgan fingerprint density at radius 2 is 1.88 bits per heavy atom. The summed E-state index contributed by atoms with van der Waals surface area (Å²) < 4.78 is 5.33. The van der Waals surface area contributed by atoms with E-state index in [1.807, 2.05) is 0 Å². The summed E-state index contributed by atoms with van der Waals surface area (Å²) in [7, 11) is 0. The SMILES string of the molecule is C[C@]12O[C@H]1[C@@H](O)C1=C(C2=O)C([N+]#N)C2=C1C(=O)c1cccc(O)c1C2=O. The summed E-state index contributed by atoms with van der Waals surface area (Å²) in [4.78, 5) is 42.0. The molecule has 3 aliphatic carbocycles. The number of nitrogens with zero attached hydrogens (tertiary/aromatic N) is 2. The van der Waals surface area contributed by atoms with Crippen molar-refractivity contribution in [3.05, 3.63) is 56.6 Å². The van der Waals surface area contributed by atoms with Crippen LogP contribution in [0.15, 0.2) is 40.5 Å². The molecule has 8 nitrogen and oxygen atoms in total. The van der Waals surface area contributed by atoms with Gasteiger partial charge in [0.25, 0.3) is 0 Å². The quantitative estimate of drug-likeness (QED) is 0.519. The molecule has 2 N–H and O–H groups in total. The van der Waals surface area contributed by atoms with Crippen molar-refractivity contribution < 1.29 is 29.3 Å². The van der Waals surface area contributed by atoms with Gasteiger partial charge in [0.2, 0.25) is 17.0 Å². The van der Waals surface area contributed by atoms with Crippen molar-refractivity contribution in [1.29, 1.82) is 5.39 Å². The van der Waals surface area contributed by atoms with Crippen LogP contribution in [0.2, 0.25) is 0 Å². The Labute approximate surface area is 146 Å². The van der Waals surface area contributed by atoms with Gasteiger partial charge in [-0.15, -0.1) is 0 Å². The number of phenolic OH excluding ortho intramolecular Hbond substituents is 1. The Morgan fingerprint density at radius 1 is 1.15 bits per heavy atom. The molecule has 4 atom stereocenters. The maximum Gasteiger partial charge on any atom is 0.372 e. The molecular formula is C18H11N2O6+. The van der Waals surface area contributed by atoms with Crippen LogP contribution in [0.4, 0.5) is 0 Å². The lowest BCUT2D eigenvalue weighted by molar-refractivity contribution is -0.120. The zero-order chi connectivity index (χ0) is 18.5. The first kappa shape index (κ1) is 15.1. The lowest BCUT2D eigenvalue weighted by Crippen LogP contribution is -2.39. The first-order valence-electron chi connectivity index (χ1n) is 7.97. The lowest BCUT2D eigenvalue weighted by Gasteiger charge is -2.22. The van der Waals surface area contributed by atoms with Crippen molar-refractivity contribution in [2.24, 2.45) is 0 Å². The number of rotatable bonds is 0. The number of ketones is 3. The second-order valence-electron chi connectivity index (χ2n) is 6.91. The van der Waals surface area contributed by atoms with Gasteiger partial charge in [-0.2, -0.15) is 0 Å². The number of Topliss-reactive ketones (excluding diaryl/α,β-unsaturated/α-hetero) is 3. The third-order valence-electron chi connectivity index (χ3n) is 5.61. The molecule has 1 aromatic carbocycles. The number of phenols is 1. The molecular weight excluding hydrogens is 340 g/mol. The molecule has 1 unspecified atom stereocenters. The third kappa shape index (κ3) is 1.43. The number of epoxide rings is 1. The van der Waals surface area contributed by atoms with Crippen molar-refractivity contribution in [2.45, 2.75) is 30.8 Å². The number of carbonyl (C=O) groups excluding carboxylic acids is 3. The molecule has 0 amide bonds. The molecule has 5 rings (SSSR count). The van der Waals surface area contributed by atoms with Crippen molar-refractivity contribution in [2.75, 3.05) is 0 Å². The number of fused-ring (bicyclic) bond motifs is 3. The van der Waals surface area contributed by atoms with Crippen LogP contribution >= 0.6 is 0 Å². The Hall–Kier alpha value is -3.15. The summed E-state index contributed by atoms with van der Waals surface area (Å²) in [6.45, 7) is 1.50. The highest BCUT2D eigenvalue weighted by Gasteiger charge is 2.71. The summed E-state index contributed by atoms with van der Waals surface area (Å²) in [6.07, 6.45) is -2.10. The Balaban J connectivity index is 1.80. The van der Waals surface area contributed by atoms with Gasteiger partial charge in [0, 0.05) is 16.7 Å². The minimum atomic E-state index is -1.40. The molecule has 1 aliphatic heterocycles. The molecule has 1 fully saturated rings. The fourth-order valence-electron chi connectivity index (χ4n) is 4.29. The van der Waals surface area contributed by atoms with Crippen LogP contribution in [-0.2, 0) is 9.53 Å². The summed E-state index contributed by atoms with van der Waals surface area (Å²) in [5.74, 6) is -2.21. The minimum Gasteiger partial charge on any atom is -0.507 e. The molecule has 8 heteroatoms. The smallest absolute Gasteiger partial charge is 0.372 e. The third-order valence-corrected chi connectivity index (χ3v) is 5.61. The molecule has 0 saturated carbocycles. The van der Waals surface area contributed by atoms with Gasteiger partial charge in [0.05, 0.1) is 5.56 Å². The Kier molecular flexibility index (Phi) is 2.52. The van der Waals surface area contributed by atoms with E-state index >= 15 is 0 Å². The standard InChI is InChI=1S/C18H10N2O6/c1-18-16(25)11-9(15(24)17(18)26-18)8-10(12(11)20-19)14(23)7-5(13(8)22)3-2-4-6(7)21/h2-4,12,15,17,24H,1H3/p+1/t12?,15-,17-,18+/m0/s1. The first-order valence-corrected chi connectivity index (χ1v) is 7.97. The van der Waals surface area contributed by atoms with Gasteiger partial charge >= 0.3 is 6.04 Å². The predicted octanol–water partition coefficient (Wildman–Crippen LogP) is 0.701. The van der Waals surface area contributed by atoms with E-state index in [4.69, 9.17) is 4.74 Å². The zero-order valence-corrected chi connectivity index (χ0v) is 13.4. The fourth-order valence-corrected chi connectivity index (χ4v) is 4.29. The van der Waals surface area contributed by atoms with Gasteiger partial charge in [0.1, 0.15) is 34.1 Å². The van der Waals surface area contributed by atoms with E-state index in [0.717, 1.165) is 0 Å². The number of aliphatic hydroxyl groups excluding tert-OH is 1. The molecule has 1 heterocycles. The normalized spacial score (nSPS) is 34.2. The molecule has 0 aromatic heterocycles. The lowest BCUT2D eigenvalue weighted by atomic mass is 9.78. The number of aliphatic hydroxyl groups is 1. The number of ether oxygens (including phenoxy) is 1. The largest absolute Gasteiger partial charge is 0.507 e. The second kappa shape index (κ2) is 4.33. The van der Waals surface area contributed by atoms with Crippen molar-refractivity contribution in [3.8, 4) is 5.75 Å². The van der Waals surface area contributed by atoms with Crippen molar-refractivity contribution >= 4 is 17.3 Å².